The third kappa shape index (κ3) is 5.84. The van der Waals surface area contributed by atoms with Crippen molar-refractivity contribution in [3.8, 4) is 0 Å². The normalized spacial score (nSPS) is 16.8. The van der Waals surface area contributed by atoms with Crippen molar-refractivity contribution in [2.45, 2.75) is 25.6 Å². The second kappa shape index (κ2) is 10.7. The molecule has 2 heterocycles. The van der Waals surface area contributed by atoms with E-state index >= 15 is 0 Å². The number of rotatable bonds is 8. The summed E-state index contributed by atoms with van der Waals surface area (Å²) in [5.41, 5.74) is 1.72. The maximum Gasteiger partial charge on any atom is 0.269 e. The summed E-state index contributed by atoms with van der Waals surface area (Å²) < 4.78 is 0. The van der Waals surface area contributed by atoms with E-state index < -0.39 is 4.92 Å². The monoisotopic (exact) mass is 464 g/mol. The topological polar surface area (TPSA) is 78.7 Å². The van der Waals surface area contributed by atoms with Crippen molar-refractivity contribution >= 4 is 22.9 Å². The molecule has 2 aromatic carbocycles. The van der Waals surface area contributed by atoms with E-state index in [9.17, 15) is 14.9 Å². The summed E-state index contributed by atoms with van der Waals surface area (Å²) >= 11 is 1.70. The Hall–Kier alpha value is -3.07. The SMILES string of the molecule is C[C@H](NC(=O)c1ccc([N+](=O)[O-])cc1)[C@H](c1cccs1)N1CCN(Cc2ccccc2)CC1. The molecule has 0 spiro atoms. The highest BCUT2D eigenvalue weighted by atomic mass is 32.1. The average Bonchev–Trinajstić information content (AvgIpc) is 3.35. The fourth-order valence-corrected chi connectivity index (χ4v) is 5.31. The summed E-state index contributed by atoms with van der Waals surface area (Å²) in [6.45, 7) is 6.77. The van der Waals surface area contributed by atoms with Crippen LogP contribution in [0.25, 0.3) is 0 Å². The van der Waals surface area contributed by atoms with Crippen LogP contribution in [0.3, 0.4) is 0 Å². The Bertz CT molecular complexity index is 1050. The van der Waals surface area contributed by atoms with E-state index in [4.69, 9.17) is 0 Å². The van der Waals surface area contributed by atoms with Crippen LogP contribution in [0.5, 0.6) is 0 Å². The number of carbonyl (C=O) groups excluding carboxylic acids is 1. The van der Waals surface area contributed by atoms with Crippen molar-refractivity contribution in [3.05, 3.63) is 98.2 Å². The van der Waals surface area contributed by atoms with Crippen LogP contribution in [0.2, 0.25) is 0 Å². The van der Waals surface area contributed by atoms with Crippen LogP contribution in [0, 0.1) is 10.1 Å². The zero-order chi connectivity index (χ0) is 23.2. The maximum absolute atomic E-state index is 12.8. The Morgan fingerprint density at radius 3 is 2.33 bits per heavy atom. The molecule has 0 aliphatic carbocycles. The average molecular weight is 465 g/mol. The van der Waals surface area contributed by atoms with Gasteiger partial charge >= 0.3 is 0 Å². The van der Waals surface area contributed by atoms with Crippen LogP contribution in [0.4, 0.5) is 5.69 Å². The van der Waals surface area contributed by atoms with Crippen molar-refractivity contribution in [1.82, 2.24) is 15.1 Å². The Balaban J connectivity index is 1.41. The highest BCUT2D eigenvalue weighted by Crippen LogP contribution is 2.30. The molecule has 0 radical (unpaired) electrons. The van der Waals surface area contributed by atoms with E-state index in [2.05, 4.69) is 50.8 Å². The molecule has 1 aromatic heterocycles. The molecule has 0 unspecified atom stereocenters. The minimum Gasteiger partial charge on any atom is -0.348 e. The fourth-order valence-electron chi connectivity index (χ4n) is 4.35. The first kappa shape index (κ1) is 23.1. The van der Waals surface area contributed by atoms with Gasteiger partial charge in [-0.05, 0) is 36.1 Å². The van der Waals surface area contributed by atoms with Crippen LogP contribution < -0.4 is 5.32 Å². The van der Waals surface area contributed by atoms with Crippen LogP contribution >= 0.6 is 11.3 Å². The molecule has 2 atom stereocenters. The number of non-ortho nitro benzene ring substituents is 1. The van der Waals surface area contributed by atoms with Gasteiger partial charge in [-0.15, -0.1) is 11.3 Å². The minimum atomic E-state index is -0.464. The number of hydrogen-bond acceptors (Lipinski definition) is 6. The predicted octanol–water partition coefficient (Wildman–Crippen LogP) is 4.33. The lowest BCUT2D eigenvalue weighted by Crippen LogP contribution is -2.52. The highest BCUT2D eigenvalue weighted by Gasteiger charge is 2.31. The highest BCUT2D eigenvalue weighted by molar-refractivity contribution is 7.10. The van der Waals surface area contributed by atoms with Gasteiger partial charge in [0.1, 0.15) is 0 Å². The molecule has 0 saturated carbocycles. The van der Waals surface area contributed by atoms with E-state index in [1.165, 1.54) is 34.7 Å². The van der Waals surface area contributed by atoms with Crippen LogP contribution in [-0.2, 0) is 6.54 Å². The lowest BCUT2D eigenvalue weighted by molar-refractivity contribution is -0.384. The van der Waals surface area contributed by atoms with Gasteiger partial charge in [-0.3, -0.25) is 24.7 Å². The van der Waals surface area contributed by atoms with Gasteiger partial charge in [0.05, 0.1) is 11.0 Å². The molecular weight excluding hydrogens is 436 g/mol. The number of nitro groups is 1. The molecule has 1 aliphatic heterocycles. The van der Waals surface area contributed by atoms with Gasteiger partial charge < -0.3 is 5.32 Å². The van der Waals surface area contributed by atoms with Crippen molar-refractivity contribution in [1.29, 1.82) is 0 Å². The van der Waals surface area contributed by atoms with E-state index in [1.54, 1.807) is 11.3 Å². The second-order valence-electron chi connectivity index (χ2n) is 8.32. The van der Waals surface area contributed by atoms with Gasteiger partial charge in [0.15, 0.2) is 0 Å². The summed E-state index contributed by atoms with van der Waals surface area (Å²) in [7, 11) is 0. The maximum atomic E-state index is 12.8. The number of nitrogens with zero attached hydrogens (tertiary/aromatic N) is 3. The molecule has 33 heavy (non-hydrogen) atoms. The number of nitro benzene ring substituents is 1. The Kier molecular flexibility index (Phi) is 7.49. The smallest absolute Gasteiger partial charge is 0.269 e. The first-order valence-electron chi connectivity index (χ1n) is 11.1. The van der Waals surface area contributed by atoms with Gasteiger partial charge in [0, 0.05) is 61.3 Å². The third-order valence-electron chi connectivity index (χ3n) is 6.06. The molecule has 1 aliphatic rings. The Labute approximate surface area is 197 Å². The minimum absolute atomic E-state index is 0.0237. The largest absolute Gasteiger partial charge is 0.348 e. The Morgan fingerprint density at radius 1 is 1.03 bits per heavy atom. The van der Waals surface area contributed by atoms with E-state index in [-0.39, 0.29) is 23.7 Å². The molecule has 3 aromatic rings. The van der Waals surface area contributed by atoms with E-state index in [0.29, 0.717) is 5.56 Å². The third-order valence-corrected chi connectivity index (χ3v) is 7.00. The molecular formula is C25H28N4O3S. The van der Waals surface area contributed by atoms with Crippen molar-refractivity contribution in [2.24, 2.45) is 0 Å². The van der Waals surface area contributed by atoms with Gasteiger partial charge in [0.2, 0.25) is 0 Å². The number of amides is 1. The fraction of sp³-hybridized carbons (Fsp3) is 0.320. The van der Waals surface area contributed by atoms with Gasteiger partial charge in [-0.25, -0.2) is 0 Å². The molecule has 0 bridgehead atoms. The van der Waals surface area contributed by atoms with Crippen LogP contribution in [0.1, 0.15) is 33.8 Å². The molecule has 8 heteroatoms. The molecule has 1 N–H and O–H groups in total. The van der Waals surface area contributed by atoms with E-state index in [0.717, 1.165) is 32.7 Å². The summed E-state index contributed by atoms with van der Waals surface area (Å²) in [6, 6.07) is 20.4. The zero-order valence-corrected chi connectivity index (χ0v) is 19.4. The number of benzene rings is 2. The molecule has 1 fully saturated rings. The first-order valence-corrected chi connectivity index (χ1v) is 12.0. The predicted molar refractivity (Wildman–Crippen MR) is 130 cm³/mol. The number of nitrogens with one attached hydrogen (secondary N) is 1. The van der Waals surface area contributed by atoms with Gasteiger partial charge in [-0.2, -0.15) is 0 Å². The number of carbonyl (C=O) groups is 1. The first-order chi connectivity index (χ1) is 16.0. The standard InChI is InChI=1S/C25H28N4O3S/c1-19(26-25(30)21-9-11-22(12-10-21)29(31)32)24(23-8-5-17-33-23)28-15-13-27(14-16-28)18-20-6-3-2-4-7-20/h2-12,17,19,24H,13-16,18H2,1H3,(H,26,30)/t19-,24+/m0/s1. The molecule has 172 valence electrons. The number of thiophene rings is 1. The molecule has 1 saturated heterocycles. The summed E-state index contributed by atoms with van der Waals surface area (Å²) in [5, 5.41) is 16.1. The van der Waals surface area contributed by atoms with Crippen molar-refractivity contribution in [3.63, 3.8) is 0 Å². The summed E-state index contributed by atoms with van der Waals surface area (Å²) in [6.07, 6.45) is 0. The van der Waals surface area contributed by atoms with E-state index in [1.807, 2.05) is 19.1 Å². The zero-order valence-electron chi connectivity index (χ0n) is 18.6. The summed E-state index contributed by atoms with van der Waals surface area (Å²) in [5.74, 6) is -0.221. The molecule has 1 amide bonds. The molecule has 4 rings (SSSR count). The molecule has 7 nitrogen and oxygen atoms in total. The van der Waals surface area contributed by atoms with Crippen LogP contribution in [0.15, 0.2) is 72.1 Å². The Morgan fingerprint density at radius 2 is 1.73 bits per heavy atom. The summed E-state index contributed by atoms with van der Waals surface area (Å²) in [4.78, 5) is 29.4. The second-order valence-corrected chi connectivity index (χ2v) is 9.30. The van der Waals surface area contributed by atoms with Gasteiger partial charge in [0.25, 0.3) is 11.6 Å². The van der Waals surface area contributed by atoms with Gasteiger partial charge in [-0.1, -0.05) is 36.4 Å². The van der Waals surface area contributed by atoms with Crippen molar-refractivity contribution < 1.29 is 9.72 Å². The number of piperazine rings is 1. The van der Waals surface area contributed by atoms with Crippen molar-refractivity contribution in [2.75, 3.05) is 26.2 Å². The van der Waals surface area contributed by atoms with Crippen LogP contribution in [-0.4, -0.2) is 52.9 Å². The lowest BCUT2D eigenvalue weighted by Gasteiger charge is -2.41. The number of hydrogen-bond donors (Lipinski definition) is 1. The lowest BCUT2D eigenvalue weighted by atomic mass is 10.0. The quantitative estimate of drug-likeness (QED) is 0.396.